The average molecular weight is 422 g/mol. The molecule has 0 radical (unpaired) electrons. The first-order chi connectivity index (χ1) is 13.6. The third-order valence-electron chi connectivity index (χ3n) is 6.13. The molecular weight excluding hydrogens is 391 g/mol. The van der Waals surface area contributed by atoms with E-state index >= 15 is 0 Å². The van der Waals surface area contributed by atoms with Crippen molar-refractivity contribution in [3.8, 4) is 0 Å². The highest BCUT2D eigenvalue weighted by Gasteiger charge is 2.32. The van der Waals surface area contributed by atoms with E-state index in [0.717, 1.165) is 38.4 Å². The fourth-order valence-electron chi connectivity index (χ4n) is 4.68. The molecule has 1 saturated carbocycles. The summed E-state index contributed by atoms with van der Waals surface area (Å²) in [6.45, 7) is 7.94. The smallest absolute Gasteiger partial charge is 0.168 e. The number of halogens is 2. The second-order valence-corrected chi connectivity index (χ2v) is 8.54. The van der Waals surface area contributed by atoms with E-state index < -0.39 is 0 Å². The Kier molecular flexibility index (Phi) is 7.46. The highest BCUT2D eigenvalue weighted by atomic mass is 35.5. The van der Waals surface area contributed by atoms with E-state index in [1.807, 2.05) is 12.1 Å². The Morgan fingerprint density at radius 2 is 1.76 bits per heavy atom. The van der Waals surface area contributed by atoms with E-state index in [2.05, 4.69) is 43.9 Å². The van der Waals surface area contributed by atoms with E-state index in [-0.39, 0.29) is 24.3 Å². The van der Waals surface area contributed by atoms with Gasteiger partial charge in [-0.3, -0.25) is 4.90 Å². The van der Waals surface area contributed by atoms with Gasteiger partial charge >= 0.3 is 0 Å². The lowest BCUT2D eigenvalue weighted by Crippen LogP contribution is -3.00. The van der Waals surface area contributed by atoms with Crippen molar-refractivity contribution in [2.24, 2.45) is 5.92 Å². The van der Waals surface area contributed by atoms with Crippen LogP contribution in [0.4, 0.5) is 10.1 Å². The van der Waals surface area contributed by atoms with Gasteiger partial charge in [0, 0.05) is 26.2 Å². The lowest BCUT2D eigenvalue weighted by Gasteiger charge is -2.40. The maximum atomic E-state index is 14.2. The van der Waals surface area contributed by atoms with Crippen molar-refractivity contribution >= 4 is 5.69 Å². The fraction of sp³-hybridized carbons (Fsp3) is 0.667. The van der Waals surface area contributed by atoms with Crippen LogP contribution in [-0.4, -0.2) is 51.3 Å². The van der Waals surface area contributed by atoms with Crippen molar-refractivity contribution in [2.75, 3.05) is 31.1 Å². The Balaban J connectivity index is 0.00000240. The van der Waals surface area contributed by atoms with E-state index in [4.69, 9.17) is 0 Å². The molecule has 2 aliphatic rings. The number of piperazine rings is 1. The van der Waals surface area contributed by atoms with Crippen molar-refractivity contribution < 1.29 is 16.8 Å². The number of nitrogens with zero attached hydrogens (tertiary/aromatic N) is 6. The average Bonchev–Trinajstić information content (AvgIpc) is 3.38. The predicted octanol–water partition coefficient (Wildman–Crippen LogP) is 0.841. The summed E-state index contributed by atoms with van der Waals surface area (Å²) in [5, 5.41) is 12.9. The minimum Gasteiger partial charge on any atom is -1.00 e. The van der Waals surface area contributed by atoms with Crippen molar-refractivity contribution in [1.29, 1.82) is 0 Å². The number of aromatic nitrogens is 4. The monoisotopic (exact) mass is 421 g/mol. The number of tetrazole rings is 1. The van der Waals surface area contributed by atoms with Gasteiger partial charge in [0.25, 0.3) is 0 Å². The zero-order chi connectivity index (χ0) is 19.5. The first kappa shape index (κ1) is 22.0. The van der Waals surface area contributed by atoms with Gasteiger partial charge in [-0.2, -0.15) is 0 Å². The topological polar surface area (TPSA) is 50.1 Å². The molecule has 2 fully saturated rings. The molecule has 1 unspecified atom stereocenters. The third kappa shape index (κ3) is 4.89. The Morgan fingerprint density at radius 3 is 2.41 bits per heavy atom. The van der Waals surface area contributed by atoms with Crippen LogP contribution in [0.3, 0.4) is 0 Å². The molecule has 4 rings (SSSR count). The van der Waals surface area contributed by atoms with E-state index in [1.54, 1.807) is 12.1 Å². The number of para-hydroxylation sites is 1. The van der Waals surface area contributed by atoms with Crippen LogP contribution in [0.25, 0.3) is 0 Å². The van der Waals surface area contributed by atoms with Gasteiger partial charge in [0.1, 0.15) is 5.82 Å². The first-order valence-corrected chi connectivity index (χ1v) is 10.6. The molecule has 2 heterocycles. The molecule has 6 nitrogen and oxygen atoms in total. The molecule has 1 saturated heterocycles. The van der Waals surface area contributed by atoms with Gasteiger partial charge in [-0.05, 0) is 47.7 Å². The molecule has 1 atom stereocenters. The first-order valence-electron chi connectivity index (χ1n) is 10.6. The standard InChI is InChI=1S/C21H31FN6.ClH/c1-16(2)15-20(21-23-24-25-28(21)17-7-3-4-8-17)27-13-11-26(12-14-27)19-10-6-5-9-18(19)22;/h5-6,9-10,16-17,20H,3-4,7-8,11-15H2,1-2H3;1H/p-1. The van der Waals surface area contributed by atoms with Crippen LogP contribution in [0.1, 0.15) is 63.9 Å². The maximum Gasteiger partial charge on any atom is 0.168 e. The van der Waals surface area contributed by atoms with Crippen molar-refractivity contribution in [2.45, 2.75) is 58.0 Å². The predicted molar refractivity (Wildman–Crippen MR) is 108 cm³/mol. The Labute approximate surface area is 178 Å². The molecule has 29 heavy (non-hydrogen) atoms. The van der Waals surface area contributed by atoms with Crippen LogP contribution < -0.4 is 17.3 Å². The highest BCUT2D eigenvalue weighted by molar-refractivity contribution is 5.48. The summed E-state index contributed by atoms with van der Waals surface area (Å²) in [5.41, 5.74) is 0.707. The Morgan fingerprint density at radius 1 is 1.07 bits per heavy atom. The summed E-state index contributed by atoms with van der Waals surface area (Å²) >= 11 is 0. The van der Waals surface area contributed by atoms with Gasteiger partial charge in [0.05, 0.1) is 17.8 Å². The Hall–Kier alpha value is -1.73. The molecule has 160 valence electrons. The largest absolute Gasteiger partial charge is 1.00 e. The SMILES string of the molecule is CC(C)CC(c1nnnn1C1CCCC1)N1CCN(c2ccccc2F)CC1.[Cl-]. The summed E-state index contributed by atoms with van der Waals surface area (Å²) in [7, 11) is 0. The number of anilines is 1. The summed E-state index contributed by atoms with van der Waals surface area (Å²) < 4.78 is 16.3. The summed E-state index contributed by atoms with van der Waals surface area (Å²) in [4.78, 5) is 4.65. The quantitative estimate of drug-likeness (QED) is 0.691. The number of rotatable bonds is 6. The number of hydrogen-bond donors (Lipinski definition) is 0. The molecule has 1 aromatic heterocycles. The highest BCUT2D eigenvalue weighted by Crippen LogP contribution is 2.34. The summed E-state index contributed by atoms with van der Waals surface area (Å²) in [6.07, 6.45) is 5.91. The third-order valence-corrected chi connectivity index (χ3v) is 6.13. The van der Waals surface area contributed by atoms with Crippen LogP contribution >= 0.6 is 0 Å². The molecule has 0 spiro atoms. The zero-order valence-electron chi connectivity index (χ0n) is 17.3. The van der Waals surface area contributed by atoms with Crippen LogP contribution in [0.2, 0.25) is 0 Å². The summed E-state index contributed by atoms with van der Waals surface area (Å²) in [6, 6.07) is 7.73. The van der Waals surface area contributed by atoms with Crippen LogP contribution in [-0.2, 0) is 0 Å². The molecule has 0 bridgehead atoms. The second kappa shape index (κ2) is 9.85. The molecule has 1 aromatic carbocycles. The number of hydrogen-bond acceptors (Lipinski definition) is 5. The molecule has 2 aromatic rings. The maximum absolute atomic E-state index is 14.2. The van der Waals surface area contributed by atoms with Gasteiger partial charge in [0.15, 0.2) is 5.82 Å². The lowest BCUT2D eigenvalue weighted by atomic mass is 10.0. The second-order valence-electron chi connectivity index (χ2n) is 8.54. The minimum atomic E-state index is -0.139. The molecule has 8 heteroatoms. The van der Waals surface area contributed by atoms with Gasteiger partial charge in [-0.25, -0.2) is 9.07 Å². The molecular formula is C21H31ClFN6-. The van der Waals surface area contributed by atoms with Gasteiger partial charge < -0.3 is 17.3 Å². The van der Waals surface area contributed by atoms with E-state index in [9.17, 15) is 4.39 Å². The van der Waals surface area contributed by atoms with Crippen molar-refractivity contribution in [1.82, 2.24) is 25.1 Å². The van der Waals surface area contributed by atoms with E-state index in [0.29, 0.717) is 17.6 Å². The summed E-state index contributed by atoms with van der Waals surface area (Å²) in [5.74, 6) is 1.43. The van der Waals surface area contributed by atoms with Crippen LogP contribution in [0.15, 0.2) is 24.3 Å². The molecule has 0 N–H and O–H groups in total. The molecule has 1 aliphatic carbocycles. The molecule has 0 amide bonds. The fourth-order valence-corrected chi connectivity index (χ4v) is 4.68. The van der Waals surface area contributed by atoms with Crippen LogP contribution in [0.5, 0.6) is 0 Å². The number of benzene rings is 1. The Bertz CT molecular complexity index is 768. The normalized spacial score (nSPS) is 19.5. The minimum absolute atomic E-state index is 0. The van der Waals surface area contributed by atoms with Gasteiger partial charge in [-0.15, -0.1) is 5.10 Å². The molecule has 1 aliphatic heterocycles. The van der Waals surface area contributed by atoms with Crippen molar-refractivity contribution in [3.63, 3.8) is 0 Å². The van der Waals surface area contributed by atoms with E-state index in [1.165, 1.54) is 25.7 Å². The van der Waals surface area contributed by atoms with Crippen LogP contribution in [0, 0.1) is 11.7 Å². The zero-order valence-corrected chi connectivity index (χ0v) is 18.1. The van der Waals surface area contributed by atoms with Crippen molar-refractivity contribution in [3.05, 3.63) is 35.9 Å². The van der Waals surface area contributed by atoms with Gasteiger partial charge in [0.2, 0.25) is 0 Å². The van der Waals surface area contributed by atoms with Gasteiger partial charge in [-0.1, -0.05) is 38.8 Å². The lowest BCUT2D eigenvalue weighted by molar-refractivity contribution is -0.00000676.